The van der Waals surface area contributed by atoms with E-state index < -0.39 is 0 Å². The zero-order valence-corrected chi connectivity index (χ0v) is 12.7. The molecule has 0 amide bonds. The maximum atomic E-state index is 5.35. The van der Waals surface area contributed by atoms with E-state index in [4.69, 9.17) is 4.52 Å². The number of aryl methyl sites for hydroxylation is 1. The van der Waals surface area contributed by atoms with Crippen LogP contribution in [-0.2, 0) is 6.42 Å². The number of hydrogen-bond donors (Lipinski definition) is 0. The number of likely N-dealkylation sites (tertiary alicyclic amines) is 1. The lowest BCUT2D eigenvalue weighted by Gasteiger charge is -2.30. The van der Waals surface area contributed by atoms with Gasteiger partial charge in [0, 0.05) is 18.5 Å². The Kier molecular flexibility index (Phi) is 4.65. The Bertz CT molecular complexity index is 552. The van der Waals surface area contributed by atoms with Gasteiger partial charge >= 0.3 is 0 Å². The van der Waals surface area contributed by atoms with Crippen LogP contribution in [0.3, 0.4) is 0 Å². The molecule has 21 heavy (non-hydrogen) atoms. The molecule has 1 unspecified atom stereocenters. The number of nitrogens with zero attached hydrogens (tertiary/aromatic N) is 3. The summed E-state index contributed by atoms with van der Waals surface area (Å²) in [5, 5.41) is 4.06. The van der Waals surface area contributed by atoms with Gasteiger partial charge in [-0.3, -0.25) is 0 Å². The van der Waals surface area contributed by atoms with E-state index in [1.165, 1.54) is 25.9 Å². The minimum Gasteiger partial charge on any atom is -0.339 e. The van der Waals surface area contributed by atoms with Crippen molar-refractivity contribution in [2.45, 2.75) is 32.6 Å². The van der Waals surface area contributed by atoms with Crippen molar-refractivity contribution in [3.8, 4) is 11.4 Å². The summed E-state index contributed by atoms with van der Waals surface area (Å²) in [5.74, 6) is 2.28. The highest BCUT2D eigenvalue weighted by Crippen LogP contribution is 2.17. The molecule has 4 nitrogen and oxygen atoms in total. The molecule has 112 valence electrons. The van der Waals surface area contributed by atoms with E-state index in [2.05, 4.69) is 22.0 Å². The third-order valence-electron chi connectivity index (χ3n) is 4.11. The zero-order chi connectivity index (χ0) is 14.5. The van der Waals surface area contributed by atoms with Gasteiger partial charge in [0.15, 0.2) is 0 Å². The summed E-state index contributed by atoms with van der Waals surface area (Å²) in [6, 6.07) is 9.98. The SMILES string of the molecule is CC1CCCN(CCCc2nc(-c3ccccc3)no2)C1. The Labute approximate surface area is 126 Å². The second kappa shape index (κ2) is 6.85. The second-order valence-electron chi connectivity index (χ2n) is 6.03. The number of hydrogen-bond acceptors (Lipinski definition) is 4. The molecule has 2 heterocycles. The average molecular weight is 285 g/mol. The lowest BCUT2D eigenvalue weighted by atomic mass is 10.0. The molecule has 1 aromatic carbocycles. The first kappa shape index (κ1) is 14.3. The molecule has 1 atom stereocenters. The molecule has 0 N–H and O–H groups in total. The van der Waals surface area contributed by atoms with Crippen LogP contribution in [0.1, 0.15) is 32.1 Å². The van der Waals surface area contributed by atoms with Gasteiger partial charge in [0.1, 0.15) is 0 Å². The summed E-state index contributed by atoms with van der Waals surface area (Å²) in [5.41, 5.74) is 1.01. The van der Waals surface area contributed by atoms with Gasteiger partial charge in [0.05, 0.1) is 0 Å². The first-order chi connectivity index (χ1) is 10.3. The highest BCUT2D eigenvalue weighted by Gasteiger charge is 2.16. The zero-order valence-electron chi connectivity index (χ0n) is 12.7. The molecule has 1 fully saturated rings. The number of aromatic nitrogens is 2. The van der Waals surface area contributed by atoms with Crippen LogP contribution < -0.4 is 0 Å². The first-order valence-corrected chi connectivity index (χ1v) is 7.91. The summed E-state index contributed by atoms with van der Waals surface area (Å²) in [6.07, 6.45) is 4.66. The standard InChI is InChI=1S/C17H23N3O/c1-14-7-5-11-20(13-14)12-6-10-16-18-17(19-21-16)15-8-3-2-4-9-15/h2-4,8-9,14H,5-7,10-13H2,1H3. The van der Waals surface area contributed by atoms with Gasteiger partial charge < -0.3 is 9.42 Å². The minimum absolute atomic E-state index is 0.692. The Hall–Kier alpha value is -1.68. The quantitative estimate of drug-likeness (QED) is 0.844. The van der Waals surface area contributed by atoms with Crippen molar-refractivity contribution in [2.24, 2.45) is 5.92 Å². The molecule has 0 saturated carbocycles. The number of piperidine rings is 1. The molecule has 1 aromatic heterocycles. The van der Waals surface area contributed by atoms with E-state index >= 15 is 0 Å². The Morgan fingerprint density at radius 1 is 1.29 bits per heavy atom. The van der Waals surface area contributed by atoms with Crippen LogP contribution in [0, 0.1) is 5.92 Å². The van der Waals surface area contributed by atoms with E-state index in [0.29, 0.717) is 5.82 Å². The van der Waals surface area contributed by atoms with Crippen LogP contribution in [0.15, 0.2) is 34.9 Å². The van der Waals surface area contributed by atoms with E-state index in [0.717, 1.165) is 36.8 Å². The van der Waals surface area contributed by atoms with Gasteiger partial charge in [0.2, 0.25) is 11.7 Å². The molecule has 0 spiro atoms. The molecule has 3 rings (SSSR count). The summed E-state index contributed by atoms with van der Waals surface area (Å²) < 4.78 is 5.35. The smallest absolute Gasteiger partial charge is 0.227 e. The Balaban J connectivity index is 1.49. The number of rotatable bonds is 5. The molecule has 0 bridgehead atoms. The van der Waals surface area contributed by atoms with Crippen LogP contribution in [0.5, 0.6) is 0 Å². The van der Waals surface area contributed by atoms with Gasteiger partial charge in [-0.2, -0.15) is 4.98 Å². The fourth-order valence-electron chi connectivity index (χ4n) is 3.00. The van der Waals surface area contributed by atoms with E-state index in [1.54, 1.807) is 0 Å². The van der Waals surface area contributed by atoms with Gasteiger partial charge in [-0.05, 0) is 38.3 Å². The van der Waals surface area contributed by atoms with E-state index in [1.807, 2.05) is 30.3 Å². The maximum absolute atomic E-state index is 5.35. The Morgan fingerprint density at radius 2 is 2.14 bits per heavy atom. The van der Waals surface area contributed by atoms with Crippen LogP contribution in [0.4, 0.5) is 0 Å². The maximum Gasteiger partial charge on any atom is 0.227 e. The average Bonchev–Trinajstić information content (AvgIpc) is 2.97. The molecule has 4 heteroatoms. The fraction of sp³-hybridized carbons (Fsp3) is 0.529. The molecule has 0 radical (unpaired) electrons. The lowest BCUT2D eigenvalue weighted by Crippen LogP contribution is -2.35. The van der Waals surface area contributed by atoms with Crippen molar-refractivity contribution < 1.29 is 4.52 Å². The van der Waals surface area contributed by atoms with Crippen LogP contribution in [0.2, 0.25) is 0 Å². The molecule has 1 aliphatic rings. The van der Waals surface area contributed by atoms with Crippen molar-refractivity contribution in [1.82, 2.24) is 15.0 Å². The van der Waals surface area contributed by atoms with Crippen molar-refractivity contribution in [3.05, 3.63) is 36.2 Å². The van der Waals surface area contributed by atoms with Crippen LogP contribution >= 0.6 is 0 Å². The largest absolute Gasteiger partial charge is 0.339 e. The normalized spacial score (nSPS) is 19.8. The fourth-order valence-corrected chi connectivity index (χ4v) is 3.00. The molecule has 0 aliphatic carbocycles. The predicted octanol–water partition coefficient (Wildman–Crippen LogP) is 3.40. The Morgan fingerprint density at radius 3 is 2.95 bits per heavy atom. The van der Waals surface area contributed by atoms with Crippen LogP contribution in [0.25, 0.3) is 11.4 Å². The molecular weight excluding hydrogens is 262 g/mol. The first-order valence-electron chi connectivity index (χ1n) is 7.91. The predicted molar refractivity (Wildman–Crippen MR) is 82.9 cm³/mol. The van der Waals surface area contributed by atoms with Crippen molar-refractivity contribution >= 4 is 0 Å². The molecule has 1 aliphatic heterocycles. The van der Waals surface area contributed by atoms with Crippen molar-refractivity contribution in [1.29, 1.82) is 0 Å². The van der Waals surface area contributed by atoms with Gasteiger partial charge in [-0.25, -0.2) is 0 Å². The van der Waals surface area contributed by atoms with Crippen molar-refractivity contribution in [2.75, 3.05) is 19.6 Å². The van der Waals surface area contributed by atoms with E-state index in [-0.39, 0.29) is 0 Å². The second-order valence-corrected chi connectivity index (χ2v) is 6.03. The van der Waals surface area contributed by atoms with Gasteiger partial charge in [-0.1, -0.05) is 42.4 Å². The summed E-state index contributed by atoms with van der Waals surface area (Å²) >= 11 is 0. The lowest BCUT2D eigenvalue weighted by molar-refractivity contribution is 0.180. The summed E-state index contributed by atoms with van der Waals surface area (Å²) in [4.78, 5) is 7.04. The minimum atomic E-state index is 0.692. The third-order valence-corrected chi connectivity index (χ3v) is 4.11. The number of benzene rings is 1. The molecule has 2 aromatic rings. The van der Waals surface area contributed by atoms with E-state index in [9.17, 15) is 0 Å². The summed E-state index contributed by atoms with van der Waals surface area (Å²) in [7, 11) is 0. The molecular formula is C17H23N3O. The third kappa shape index (κ3) is 3.91. The summed E-state index contributed by atoms with van der Waals surface area (Å²) in [6.45, 7) is 5.95. The monoisotopic (exact) mass is 285 g/mol. The van der Waals surface area contributed by atoms with Gasteiger partial charge in [0.25, 0.3) is 0 Å². The molecule has 1 saturated heterocycles. The topological polar surface area (TPSA) is 42.2 Å². The van der Waals surface area contributed by atoms with Crippen molar-refractivity contribution in [3.63, 3.8) is 0 Å². The van der Waals surface area contributed by atoms with Gasteiger partial charge in [-0.15, -0.1) is 0 Å². The van der Waals surface area contributed by atoms with Crippen LogP contribution in [-0.4, -0.2) is 34.7 Å². The highest BCUT2D eigenvalue weighted by atomic mass is 16.5. The highest BCUT2D eigenvalue weighted by molar-refractivity contribution is 5.53.